The van der Waals surface area contributed by atoms with Crippen molar-refractivity contribution < 1.29 is 15.0 Å². The molecule has 0 unspecified atom stereocenters. The van der Waals surface area contributed by atoms with E-state index >= 15 is 0 Å². The van der Waals surface area contributed by atoms with Gasteiger partial charge in [0.2, 0.25) is 0 Å². The normalized spacial score (nSPS) is 10.8. The standard InChI is InChI=1S/C14H10ClNO3/c15-11-4-1-9(2-5-11)8-16-12-6-3-10(14(18)19)7-13(12)17/h1-8,17H,(H,18,19). The number of carboxylic acid groups (broad SMARTS) is 1. The van der Waals surface area contributed by atoms with Gasteiger partial charge in [-0.2, -0.15) is 0 Å². The SMILES string of the molecule is O=C(O)c1ccc(N=Cc2ccc(Cl)cc2)c(O)c1. The molecule has 0 aliphatic rings. The summed E-state index contributed by atoms with van der Waals surface area (Å²) in [5, 5.41) is 19.1. The van der Waals surface area contributed by atoms with Crippen molar-refractivity contribution in [2.24, 2.45) is 4.99 Å². The number of nitrogens with zero attached hydrogens (tertiary/aromatic N) is 1. The third kappa shape index (κ3) is 3.33. The third-order valence-corrected chi connectivity index (χ3v) is 2.70. The number of hydrogen-bond donors (Lipinski definition) is 2. The lowest BCUT2D eigenvalue weighted by Crippen LogP contribution is -1.94. The fraction of sp³-hybridized carbons (Fsp3) is 0. The summed E-state index contributed by atoms with van der Waals surface area (Å²) >= 11 is 5.76. The summed E-state index contributed by atoms with van der Waals surface area (Å²) in [5.74, 6) is -1.27. The maximum Gasteiger partial charge on any atom is 0.335 e. The first kappa shape index (κ1) is 13.1. The molecule has 19 heavy (non-hydrogen) atoms. The van der Waals surface area contributed by atoms with E-state index in [0.29, 0.717) is 10.7 Å². The molecule has 0 fully saturated rings. The Kier molecular flexibility index (Phi) is 3.82. The number of halogens is 1. The summed E-state index contributed by atoms with van der Waals surface area (Å²) < 4.78 is 0. The van der Waals surface area contributed by atoms with Crippen LogP contribution >= 0.6 is 11.6 Å². The number of aliphatic imine (C=N–C) groups is 1. The molecule has 2 aromatic rings. The summed E-state index contributed by atoms with van der Waals surface area (Å²) in [4.78, 5) is 14.8. The molecular weight excluding hydrogens is 266 g/mol. The minimum absolute atomic E-state index is 0.0166. The molecule has 0 heterocycles. The van der Waals surface area contributed by atoms with Crippen molar-refractivity contribution in [3.63, 3.8) is 0 Å². The van der Waals surface area contributed by atoms with Crippen LogP contribution in [0.3, 0.4) is 0 Å². The van der Waals surface area contributed by atoms with Gasteiger partial charge in [-0.3, -0.25) is 4.99 Å². The largest absolute Gasteiger partial charge is 0.506 e. The number of carbonyl (C=O) groups is 1. The molecule has 2 aromatic carbocycles. The molecule has 0 radical (unpaired) electrons. The van der Waals surface area contributed by atoms with Gasteiger partial charge in [-0.05, 0) is 35.9 Å². The van der Waals surface area contributed by atoms with Gasteiger partial charge in [0.1, 0.15) is 11.4 Å². The highest BCUT2D eigenvalue weighted by Crippen LogP contribution is 2.27. The Balaban J connectivity index is 2.23. The van der Waals surface area contributed by atoms with Crippen LogP contribution in [0.25, 0.3) is 0 Å². The lowest BCUT2D eigenvalue weighted by atomic mass is 10.2. The molecule has 0 saturated carbocycles. The summed E-state index contributed by atoms with van der Waals surface area (Å²) in [6.07, 6.45) is 1.56. The van der Waals surface area contributed by atoms with E-state index in [0.717, 1.165) is 11.6 Å². The molecule has 4 nitrogen and oxygen atoms in total. The zero-order valence-electron chi connectivity index (χ0n) is 9.75. The van der Waals surface area contributed by atoms with Crippen LogP contribution in [0.4, 0.5) is 5.69 Å². The van der Waals surface area contributed by atoms with Crippen LogP contribution in [0.5, 0.6) is 5.75 Å². The van der Waals surface area contributed by atoms with E-state index in [4.69, 9.17) is 16.7 Å². The molecule has 0 aromatic heterocycles. The number of rotatable bonds is 3. The first-order valence-corrected chi connectivity index (χ1v) is 5.80. The summed E-state index contributed by atoms with van der Waals surface area (Å²) in [6, 6.07) is 11.0. The number of hydrogen-bond acceptors (Lipinski definition) is 3. The number of carboxylic acids is 1. The molecule has 96 valence electrons. The van der Waals surface area contributed by atoms with Gasteiger partial charge in [0.15, 0.2) is 0 Å². The average Bonchev–Trinajstić information content (AvgIpc) is 2.39. The second-order valence-electron chi connectivity index (χ2n) is 3.82. The van der Waals surface area contributed by atoms with Crippen molar-refractivity contribution >= 4 is 29.5 Å². The Morgan fingerprint density at radius 3 is 2.42 bits per heavy atom. The highest BCUT2D eigenvalue weighted by molar-refractivity contribution is 6.30. The minimum Gasteiger partial charge on any atom is -0.506 e. The topological polar surface area (TPSA) is 69.9 Å². The van der Waals surface area contributed by atoms with E-state index in [1.54, 1.807) is 30.5 Å². The lowest BCUT2D eigenvalue weighted by molar-refractivity contribution is 0.0696. The first-order chi connectivity index (χ1) is 9.06. The number of phenolic OH excluding ortho intramolecular Hbond substituents is 1. The van der Waals surface area contributed by atoms with Crippen molar-refractivity contribution in [3.05, 3.63) is 58.6 Å². The van der Waals surface area contributed by atoms with Crippen molar-refractivity contribution in [2.75, 3.05) is 0 Å². The highest BCUT2D eigenvalue weighted by Gasteiger charge is 2.06. The van der Waals surface area contributed by atoms with Crippen LogP contribution in [-0.2, 0) is 0 Å². The van der Waals surface area contributed by atoms with Crippen molar-refractivity contribution in [1.82, 2.24) is 0 Å². The van der Waals surface area contributed by atoms with E-state index in [2.05, 4.69) is 4.99 Å². The quantitative estimate of drug-likeness (QED) is 0.842. The van der Waals surface area contributed by atoms with E-state index in [-0.39, 0.29) is 11.3 Å². The van der Waals surface area contributed by atoms with Crippen molar-refractivity contribution in [1.29, 1.82) is 0 Å². The molecular formula is C14H10ClNO3. The molecule has 0 bridgehead atoms. The summed E-state index contributed by atoms with van der Waals surface area (Å²) in [6.45, 7) is 0. The second kappa shape index (κ2) is 5.54. The minimum atomic E-state index is -1.09. The Bertz CT molecular complexity index is 636. The molecule has 2 N–H and O–H groups in total. The van der Waals surface area contributed by atoms with Gasteiger partial charge < -0.3 is 10.2 Å². The second-order valence-corrected chi connectivity index (χ2v) is 4.25. The Morgan fingerprint density at radius 2 is 1.84 bits per heavy atom. The first-order valence-electron chi connectivity index (χ1n) is 5.42. The van der Waals surface area contributed by atoms with Gasteiger partial charge in [-0.15, -0.1) is 0 Å². The Hall–Kier alpha value is -2.33. The maximum absolute atomic E-state index is 10.7. The smallest absolute Gasteiger partial charge is 0.335 e. The van der Waals surface area contributed by atoms with Gasteiger partial charge in [0.05, 0.1) is 5.56 Å². The van der Waals surface area contributed by atoms with Crippen LogP contribution in [0.1, 0.15) is 15.9 Å². The van der Waals surface area contributed by atoms with Crippen LogP contribution in [0.2, 0.25) is 5.02 Å². The molecule has 0 aliphatic carbocycles. The molecule has 0 amide bonds. The third-order valence-electron chi connectivity index (χ3n) is 2.45. The number of aromatic carboxylic acids is 1. The molecule has 5 heteroatoms. The fourth-order valence-corrected chi connectivity index (χ4v) is 1.58. The summed E-state index contributed by atoms with van der Waals surface area (Å²) in [7, 11) is 0. The van der Waals surface area contributed by atoms with E-state index < -0.39 is 5.97 Å². The monoisotopic (exact) mass is 275 g/mol. The van der Waals surface area contributed by atoms with E-state index in [1.165, 1.54) is 12.1 Å². The predicted molar refractivity (Wildman–Crippen MR) is 73.8 cm³/mol. The van der Waals surface area contributed by atoms with Gasteiger partial charge in [-0.25, -0.2) is 4.79 Å². The zero-order valence-corrected chi connectivity index (χ0v) is 10.5. The molecule has 2 rings (SSSR count). The number of benzene rings is 2. The number of phenols is 1. The van der Waals surface area contributed by atoms with Crippen LogP contribution < -0.4 is 0 Å². The van der Waals surface area contributed by atoms with Crippen molar-refractivity contribution in [3.8, 4) is 5.75 Å². The Labute approximate surface area is 114 Å². The van der Waals surface area contributed by atoms with Gasteiger partial charge in [0.25, 0.3) is 0 Å². The van der Waals surface area contributed by atoms with E-state index in [1.807, 2.05) is 0 Å². The molecule has 0 spiro atoms. The number of aromatic hydroxyl groups is 1. The summed E-state index contributed by atoms with van der Waals surface area (Å²) in [5.41, 5.74) is 1.15. The van der Waals surface area contributed by atoms with Gasteiger partial charge in [-0.1, -0.05) is 23.7 Å². The average molecular weight is 276 g/mol. The molecule has 0 atom stereocenters. The van der Waals surface area contributed by atoms with Gasteiger partial charge in [0, 0.05) is 11.2 Å². The molecule has 0 saturated heterocycles. The van der Waals surface area contributed by atoms with Crippen LogP contribution in [0.15, 0.2) is 47.5 Å². The lowest BCUT2D eigenvalue weighted by Gasteiger charge is -2.00. The Morgan fingerprint density at radius 1 is 1.16 bits per heavy atom. The predicted octanol–water partition coefficient (Wildman–Crippen LogP) is 3.49. The fourth-order valence-electron chi connectivity index (χ4n) is 1.46. The van der Waals surface area contributed by atoms with Gasteiger partial charge >= 0.3 is 5.97 Å². The van der Waals surface area contributed by atoms with Crippen LogP contribution in [0, 0.1) is 0 Å². The highest BCUT2D eigenvalue weighted by atomic mass is 35.5. The molecule has 0 aliphatic heterocycles. The van der Waals surface area contributed by atoms with Crippen LogP contribution in [-0.4, -0.2) is 22.4 Å². The van der Waals surface area contributed by atoms with Crippen molar-refractivity contribution in [2.45, 2.75) is 0 Å². The van der Waals surface area contributed by atoms with E-state index in [9.17, 15) is 9.90 Å². The maximum atomic E-state index is 10.7. The zero-order chi connectivity index (χ0) is 13.8.